The van der Waals surface area contributed by atoms with Gasteiger partial charge in [0.15, 0.2) is 0 Å². The van der Waals surface area contributed by atoms with Crippen LogP contribution in [-0.2, 0) is 4.74 Å². The summed E-state index contributed by atoms with van der Waals surface area (Å²) in [6.07, 6.45) is 8.41. The second-order valence-corrected chi connectivity index (χ2v) is 6.67. The molecule has 2 N–H and O–H groups in total. The number of morpholine rings is 1. The summed E-state index contributed by atoms with van der Waals surface area (Å²) in [5.41, 5.74) is 0. The zero-order valence-corrected chi connectivity index (χ0v) is 12.8. The van der Waals surface area contributed by atoms with Gasteiger partial charge in [0.25, 0.3) is 0 Å². The van der Waals surface area contributed by atoms with Gasteiger partial charge < -0.3 is 15.4 Å². The Morgan fingerprint density at radius 1 is 1.05 bits per heavy atom. The molecule has 3 aliphatic rings. The zero-order valence-electron chi connectivity index (χ0n) is 12.8. The first-order chi connectivity index (χ1) is 9.93. The van der Waals surface area contributed by atoms with Gasteiger partial charge in [0, 0.05) is 38.3 Å². The van der Waals surface area contributed by atoms with E-state index in [0.29, 0.717) is 0 Å². The zero-order chi connectivity index (χ0) is 13.6. The highest BCUT2D eigenvalue weighted by molar-refractivity contribution is 4.92. The standard InChI is InChI=1S/C16H31N3O/c1-2-7-17-15(5-1)14-4-3-6-16(14)18-8-9-19-10-12-20-13-11-19/h14-18H,1-13H2. The van der Waals surface area contributed by atoms with Crippen LogP contribution in [0.25, 0.3) is 0 Å². The summed E-state index contributed by atoms with van der Waals surface area (Å²) in [5, 5.41) is 7.62. The van der Waals surface area contributed by atoms with Gasteiger partial charge in [-0.05, 0) is 38.1 Å². The van der Waals surface area contributed by atoms with Crippen LogP contribution in [0.4, 0.5) is 0 Å². The van der Waals surface area contributed by atoms with E-state index >= 15 is 0 Å². The van der Waals surface area contributed by atoms with E-state index < -0.39 is 0 Å². The number of nitrogens with one attached hydrogen (secondary N) is 2. The lowest BCUT2D eigenvalue weighted by Gasteiger charge is -2.34. The second-order valence-electron chi connectivity index (χ2n) is 6.67. The van der Waals surface area contributed by atoms with E-state index in [-0.39, 0.29) is 0 Å². The Labute approximate surface area is 123 Å². The maximum absolute atomic E-state index is 5.41. The molecule has 0 aromatic carbocycles. The summed E-state index contributed by atoms with van der Waals surface area (Å²) >= 11 is 0. The van der Waals surface area contributed by atoms with E-state index in [0.717, 1.165) is 50.8 Å². The van der Waals surface area contributed by atoms with Crippen LogP contribution in [0, 0.1) is 5.92 Å². The molecule has 2 heterocycles. The lowest BCUT2D eigenvalue weighted by molar-refractivity contribution is 0.0378. The highest BCUT2D eigenvalue weighted by Crippen LogP contribution is 2.31. The molecule has 3 atom stereocenters. The molecule has 0 aromatic rings. The fourth-order valence-corrected chi connectivity index (χ4v) is 4.20. The maximum atomic E-state index is 5.41. The largest absolute Gasteiger partial charge is 0.379 e. The Kier molecular flexibility index (Phi) is 5.71. The molecule has 0 bridgehead atoms. The summed E-state index contributed by atoms with van der Waals surface area (Å²) < 4.78 is 5.41. The first-order valence-corrected chi connectivity index (χ1v) is 8.70. The van der Waals surface area contributed by atoms with Gasteiger partial charge in [-0.3, -0.25) is 4.90 Å². The van der Waals surface area contributed by atoms with Crippen molar-refractivity contribution < 1.29 is 4.74 Å². The second kappa shape index (κ2) is 7.74. The molecular formula is C16H31N3O. The van der Waals surface area contributed by atoms with Crippen LogP contribution in [0.1, 0.15) is 38.5 Å². The van der Waals surface area contributed by atoms with Gasteiger partial charge in [-0.25, -0.2) is 0 Å². The van der Waals surface area contributed by atoms with Crippen LogP contribution in [0.5, 0.6) is 0 Å². The van der Waals surface area contributed by atoms with Gasteiger partial charge in [-0.1, -0.05) is 12.8 Å². The molecule has 4 nitrogen and oxygen atoms in total. The van der Waals surface area contributed by atoms with Crippen molar-refractivity contribution in [2.45, 2.75) is 50.6 Å². The first kappa shape index (κ1) is 14.8. The number of piperidine rings is 1. The minimum Gasteiger partial charge on any atom is -0.379 e. The maximum Gasteiger partial charge on any atom is 0.0594 e. The molecule has 3 rings (SSSR count). The van der Waals surface area contributed by atoms with E-state index in [1.165, 1.54) is 51.6 Å². The molecular weight excluding hydrogens is 250 g/mol. The normalized spacial score (nSPS) is 36.3. The van der Waals surface area contributed by atoms with E-state index in [2.05, 4.69) is 15.5 Å². The third kappa shape index (κ3) is 3.94. The average molecular weight is 281 g/mol. The number of hydrogen-bond acceptors (Lipinski definition) is 4. The highest BCUT2D eigenvalue weighted by atomic mass is 16.5. The predicted octanol–water partition coefficient (Wildman–Crippen LogP) is 1.22. The molecule has 3 fully saturated rings. The van der Waals surface area contributed by atoms with Crippen LogP contribution in [0.15, 0.2) is 0 Å². The molecule has 0 radical (unpaired) electrons. The third-order valence-corrected chi connectivity index (χ3v) is 5.37. The van der Waals surface area contributed by atoms with Gasteiger partial charge in [0.05, 0.1) is 13.2 Å². The van der Waals surface area contributed by atoms with Gasteiger partial charge in [0.2, 0.25) is 0 Å². The van der Waals surface area contributed by atoms with E-state index in [9.17, 15) is 0 Å². The summed E-state index contributed by atoms with van der Waals surface area (Å²) in [5.74, 6) is 0.875. The topological polar surface area (TPSA) is 36.5 Å². The molecule has 0 spiro atoms. The van der Waals surface area contributed by atoms with Gasteiger partial charge in [-0.2, -0.15) is 0 Å². The molecule has 1 saturated carbocycles. The highest BCUT2D eigenvalue weighted by Gasteiger charge is 2.33. The van der Waals surface area contributed by atoms with E-state index in [1.54, 1.807) is 0 Å². The predicted molar refractivity (Wildman–Crippen MR) is 82.0 cm³/mol. The molecule has 1 aliphatic carbocycles. The first-order valence-electron chi connectivity index (χ1n) is 8.70. The summed E-state index contributed by atoms with van der Waals surface area (Å²) in [6, 6.07) is 1.54. The Bertz CT molecular complexity index is 275. The molecule has 4 heteroatoms. The molecule has 3 unspecified atom stereocenters. The molecule has 2 saturated heterocycles. The van der Waals surface area contributed by atoms with Crippen LogP contribution >= 0.6 is 0 Å². The van der Waals surface area contributed by atoms with Crippen molar-refractivity contribution in [1.82, 2.24) is 15.5 Å². The van der Waals surface area contributed by atoms with Crippen molar-refractivity contribution in [2.24, 2.45) is 5.92 Å². The quantitative estimate of drug-likeness (QED) is 0.794. The molecule has 20 heavy (non-hydrogen) atoms. The van der Waals surface area contributed by atoms with Crippen LogP contribution < -0.4 is 10.6 Å². The fraction of sp³-hybridized carbons (Fsp3) is 1.00. The van der Waals surface area contributed by atoms with Crippen LogP contribution in [0.3, 0.4) is 0 Å². The number of nitrogens with zero attached hydrogens (tertiary/aromatic N) is 1. The smallest absolute Gasteiger partial charge is 0.0594 e. The number of ether oxygens (including phenoxy) is 1. The molecule has 0 amide bonds. The monoisotopic (exact) mass is 281 g/mol. The van der Waals surface area contributed by atoms with Crippen molar-refractivity contribution in [3.63, 3.8) is 0 Å². The van der Waals surface area contributed by atoms with Gasteiger partial charge in [-0.15, -0.1) is 0 Å². The van der Waals surface area contributed by atoms with Gasteiger partial charge in [0.1, 0.15) is 0 Å². The minimum absolute atomic E-state index is 0.756. The minimum atomic E-state index is 0.756. The lowest BCUT2D eigenvalue weighted by Crippen LogP contribution is -2.48. The van der Waals surface area contributed by atoms with E-state index in [1.807, 2.05) is 0 Å². The summed E-state index contributed by atoms with van der Waals surface area (Å²) in [6.45, 7) is 7.62. The van der Waals surface area contributed by atoms with Crippen LogP contribution in [0.2, 0.25) is 0 Å². The number of hydrogen-bond donors (Lipinski definition) is 2. The Morgan fingerprint density at radius 2 is 1.95 bits per heavy atom. The van der Waals surface area contributed by atoms with Crippen molar-refractivity contribution >= 4 is 0 Å². The fourth-order valence-electron chi connectivity index (χ4n) is 4.20. The average Bonchev–Trinajstić information content (AvgIpc) is 2.98. The van der Waals surface area contributed by atoms with Crippen molar-refractivity contribution in [2.75, 3.05) is 45.9 Å². The van der Waals surface area contributed by atoms with Crippen molar-refractivity contribution in [3.05, 3.63) is 0 Å². The molecule has 0 aromatic heterocycles. The number of rotatable bonds is 5. The van der Waals surface area contributed by atoms with Crippen molar-refractivity contribution in [1.29, 1.82) is 0 Å². The Morgan fingerprint density at radius 3 is 2.75 bits per heavy atom. The van der Waals surface area contributed by atoms with Crippen molar-refractivity contribution in [3.8, 4) is 0 Å². The molecule has 116 valence electrons. The lowest BCUT2D eigenvalue weighted by atomic mass is 9.88. The Balaban J connectivity index is 1.39. The van der Waals surface area contributed by atoms with E-state index in [4.69, 9.17) is 4.74 Å². The van der Waals surface area contributed by atoms with Gasteiger partial charge >= 0.3 is 0 Å². The summed E-state index contributed by atoms with van der Waals surface area (Å²) in [4.78, 5) is 2.53. The Hall–Kier alpha value is -0.160. The third-order valence-electron chi connectivity index (χ3n) is 5.37. The SMILES string of the molecule is C1CCC(C2CCCC2NCCN2CCOCC2)NC1. The molecule has 2 aliphatic heterocycles. The van der Waals surface area contributed by atoms with Crippen LogP contribution in [-0.4, -0.2) is 62.9 Å². The summed E-state index contributed by atoms with van der Waals surface area (Å²) in [7, 11) is 0.